The molecule has 0 aliphatic carbocycles. The van der Waals surface area contributed by atoms with Gasteiger partial charge in [-0.05, 0) is 42.8 Å². The number of para-hydroxylation sites is 2. The molecule has 2 heterocycles. The zero-order chi connectivity index (χ0) is 23.8. The molecule has 3 aromatic carbocycles. The van der Waals surface area contributed by atoms with Gasteiger partial charge in [-0.2, -0.15) is 0 Å². The highest BCUT2D eigenvalue weighted by molar-refractivity contribution is 6.36. The number of H-pyrrole nitrogens is 1. The first-order valence-electron chi connectivity index (χ1n) is 10.4. The number of furan rings is 1. The largest absolute Gasteiger partial charge is 0.496 e. The Morgan fingerprint density at radius 1 is 1.12 bits per heavy atom. The first kappa shape index (κ1) is 22.1. The van der Waals surface area contributed by atoms with Gasteiger partial charge in [0.15, 0.2) is 0 Å². The van der Waals surface area contributed by atoms with Gasteiger partial charge in [0.2, 0.25) is 5.95 Å². The SMILES string of the molecule is COc1cc2occ(-c3ccc(Cl)cc3Cl)c2cc1/C(C)=C/C(=O)Nc1nc2ccccc2[nH]1. The number of rotatable bonds is 5. The Morgan fingerprint density at radius 3 is 2.71 bits per heavy atom. The van der Waals surface area contributed by atoms with Crippen LogP contribution in [-0.2, 0) is 4.79 Å². The van der Waals surface area contributed by atoms with E-state index < -0.39 is 0 Å². The summed E-state index contributed by atoms with van der Waals surface area (Å²) in [4.78, 5) is 20.2. The molecule has 0 atom stereocenters. The highest BCUT2D eigenvalue weighted by Gasteiger charge is 2.17. The smallest absolute Gasteiger partial charge is 0.250 e. The van der Waals surface area contributed by atoms with E-state index in [-0.39, 0.29) is 5.91 Å². The summed E-state index contributed by atoms with van der Waals surface area (Å²) in [5, 5.41) is 4.69. The van der Waals surface area contributed by atoms with Crippen LogP contribution in [0.15, 0.2) is 71.4 Å². The lowest BCUT2D eigenvalue weighted by Crippen LogP contribution is -2.09. The van der Waals surface area contributed by atoms with Crippen molar-refractivity contribution in [2.24, 2.45) is 0 Å². The van der Waals surface area contributed by atoms with Crippen molar-refractivity contribution in [2.75, 3.05) is 12.4 Å². The fourth-order valence-corrected chi connectivity index (χ4v) is 4.40. The van der Waals surface area contributed by atoms with Crippen molar-refractivity contribution in [3.8, 4) is 16.9 Å². The van der Waals surface area contributed by atoms with Crippen LogP contribution in [0.25, 0.3) is 38.7 Å². The van der Waals surface area contributed by atoms with Crippen LogP contribution in [0, 0.1) is 0 Å². The Bertz CT molecular complexity index is 1550. The zero-order valence-electron chi connectivity index (χ0n) is 18.3. The van der Waals surface area contributed by atoms with Crippen LogP contribution >= 0.6 is 23.2 Å². The molecule has 5 aromatic rings. The lowest BCUT2D eigenvalue weighted by atomic mass is 9.99. The average molecular weight is 492 g/mol. The molecular formula is C26H19Cl2N3O3. The summed E-state index contributed by atoms with van der Waals surface area (Å²) in [6.45, 7) is 1.84. The van der Waals surface area contributed by atoms with E-state index in [1.54, 1.807) is 31.6 Å². The number of halogens is 2. The number of carbonyl (C=O) groups excluding carboxylic acids is 1. The van der Waals surface area contributed by atoms with Crippen LogP contribution < -0.4 is 10.1 Å². The molecule has 0 saturated carbocycles. The number of nitrogens with one attached hydrogen (secondary N) is 2. The standard InChI is InChI=1S/C26H19Cl2N3O3/c1-14(9-25(32)31-26-29-21-5-3-4-6-22(21)30-26)17-11-18-19(13-34-24(18)12-23(17)33-2)16-8-7-15(27)10-20(16)28/h3-13H,1-2H3,(H2,29,30,31,32)/b14-9+. The molecule has 0 radical (unpaired) electrons. The molecule has 2 aromatic heterocycles. The number of hydrogen-bond donors (Lipinski definition) is 2. The minimum Gasteiger partial charge on any atom is -0.496 e. The number of anilines is 1. The third kappa shape index (κ3) is 4.14. The van der Waals surface area contributed by atoms with Crippen molar-refractivity contribution in [3.05, 3.63) is 82.5 Å². The van der Waals surface area contributed by atoms with E-state index in [1.165, 1.54) is 6.08 Å². The lowest BCUT2D eigenvalue weighted by molar-refractivity contribution is -0.111. The zero-order valence-corrected chi connectivity index (χ0v) is 19.8. The Hall–Kier alpha value is -3.74. The molecule has 5 rings (SSSR count). The van der Waals surface area contributed by atoms with E-state index in [0.29, 0.717) is 32.9 Å². The minimum atomic E-state index is -0.313. The van der Waals surface area contributed by atoms with Crippen molar-refractivity contribution >= 4 is 62.6 Å². The number of aromatic amines is 1. The number of allylic oxidation sites excluding steroid dienone is 1. The second-order valence-electron chi connectivity index (χ2n) is 7.74. The predicted octanol–water partition coefficient (Wildman–Crippen LogP) is 7.33. The first-order chi connectivity index (χ1) is 16.4. The Morgan fingerprint density at radius 2 is 1.94 bits per heavy atom. The quantitative estimate of drug-likeness (QED) is 0.252. The van der Waals surface area contributed by atoms with Gasteiger partial charge in [-0.15, -0.1) is 0 Å². The van der Waals surface area contributed by atoms with Crippen molar-refractivity contribution < 1.29 is 13.9 Å². The van der Waals surface area contributed by atoms with E-state index in [2.05, 4.69) is 15.3 Å². The maximum absolute atomic E-state index is 12.7. The number of hydrogen-bond acceptors (Lipinski definition) is 4. The Labute approximate surface area is 205 Å². The second kappa shape index (κ2) is 8.89. The summed E-state index contributed by atoms with van der Waals surface area (Å²) >= 11 is 12.5. The summed E-state index contributed by atoms with van der Waals surface area (Å²) < 4.78 is 11.3. The van der Waals surface area contributed by atoms with Crippen LogP contribution in [0.4, 0.5) is 5.95 Å². The topological polar surface area (TPSA) is 80.2 Å². The monoisotopic (exact) mass is 491 g/mol. The fraction of sp³-hybridized carbons (Fsp3) is 0.0769. The normalized spacial score (nSPS) is 11.8. The molecule has 0 aliphatic rings. The van der Waals surface area contributed by atoms with Gasteiger partial charge in [0.05, 0.1) is 29.4 Å². The summed E-state index contributed by atoms with van der Waals surface area (Å²) in [6.07, 6.45) is 3.15. The molecular weight excluding hydrogens is 473 g/mol. The highest BCUT2D eigenvalue weighted by Crippen LogP contribution is 2.40. The number of aromatic nitrogens is 2. The van der Waals surface area contributed by atoms with E-state index >= 15 is 0 Å². The van der Waals surface area contributed by atoms with E-state index in [1.807, 2.05) is 43.3 Å². The summed E-state index contributed by atoms with van der Waals surface area (Å²) in [6, 6.07) is 16.6. The number of ether oxygens (including phenoxy) is 1. The van der Waals surface area contributed by atoms with Gasteiger partial charge < -0.3 is 14.1 Å². The molecule has 0 aliphatic heterocycles. The van der Waals surface area contributed by atoms with Gasteiger partial charge in [-0.3, -0.25) is 10.1 Å². The average Bonchev–Trinajstić information content (AvgIpc) is 3.41. The maximum atomic E-state index is 12.7. The lowest BCUT2D eigenvalue weighted by Gasteiger charge is -2.10. The molecule has 6 nitrogen and oxygen atoms in total. The molecule has 34 heavy (non-hydrogen) atoms. The molecule has 8 heteroatoms. The van der Waals surface area contributed by atoms with Gasteiger partial charge in [-0.25, -0.2) is 4.98 Å². The number of amides is 1. The Kier molecular flexibility index (Phi) is 5.77. The number of nitrogens with zero attached hydrogens (tertiary/aromatic N) is 1. The van der Waals surface area contributed by atoms with E-state index in [4.69, 9.17) is 32.4 Å². The van der Waals surface area contributed by atoms with Crippen LogP contribution in [-0.4, -0.2) is 23.0 Å². The summed E-state index contributed by atoms with van der Waals surface area (Å²) in [7, 11) is 1.58. The van der Waals surface area contributed by atoms with Gasteiger partial charge in [0, 0.05) is 39.2 Å². The predicted molar refractivity (Wildman–Crippen MR) is 137 cm³/mol. The third-order valence-corrected chi connectivity index (χ3v) is 6.07. The molecule has 2 N–H and O–H groups in total. The first-order valence-corrected chi connectivity index (χ1v) is 11.2. The molecule has 1 amide bonds. The van der Waals surface area contributed by atoms with Gasteiger partial charge >= 0.3 is 0 Å². The molecule has 170 valence electrons. The third-order valence-electron chi connectivity index (χ3n) is 5.52. The van der Waals surface area contributed by atoms with Gasteiger partial charge in [-0.1, -0.05) is 41.4 Å². The number of imidazole rings is 1. The summed E-state index contributed by atoms with van der Waals surface area (Å²) in [5.74, 6) is 0.653. The Balaban J connectivity index is 1.50. The molecule has 0 saturated heterocycles. The number of benzene rings is 3. The van der Waals surface area contributed by atoms with Crippen LogP contribution in [0.3, 0.4) is 0 Å². The van der Waals surface area contributed by atoms with Crippen molar-refractivity contribution in [2.45, 2.75) is 6.92 Å². The van der Waals surface area contributed by atoms with Crippen molar-refractivity contribution in [3.63, 3.8) is 0 Å². The molecule has 0 fully saturated rings. The molecule has 0 unspecified atom stereocenters. The molecule has 0 spiro atoms. The van der Waals surface area contributed by atoms with Crippen LogP contribution in [0.2, 0.25) is 10.0 Å². The van der Waals surface area contributed by atoms with Crippen molar-refractivity contribution in [1.82, 2.24) is 9.97 Å². The van der Waals surface area contributed by atoms with E-state index in [9.17, 15) is 4.79 Å². The number of methoxy groups -OCH3 is 1. The fourth-order valence-electron chi connectivity index (χ4n) is 3.89. The molecule has 0 bridgehead atoms. The van der Waals surface area contributed by atoms with Gasteiger partial charge in [0.25, 0.3) is 5.91 Å². The number of fused-ring (bicyclic) bond motifs is 2. The minimum absolute atomic E-state index is 0.313. The highest BCUT2D eigenvalue weighted by atomic mass is 35.5. The maximum Gasteiger partial charge on any atom is 0.250 e. The second-order valence-corrected chi connectivity index (χ2v) is 8.58. The summed E-state index contributed by atoms with van der Waals surface area (Å²) in [5.41, 5.74) is 5.34. The van der Waals surface area contributed by atoms with E-state index in [0.717, 1.165) is 33.1 Å². The van der Waals surface area contributed by atoms with Crippen LogP contribution in [0.1, 0.15) is 12.5 Å². The van der Waals surface area contributed by atoms with Gasteiger partial charge in [0.1, 0.15) is 11.3 Å². The number of carbonyl (C=O) groups is 1. The van der Waals surface area contributed by atoms with Crippen molar-refractivity contribution in [1.29, 1.82) is 0 Å². The van der Waals surface area contributed by atoms with Crippen LogP contribution in [0.5, 0.6) is 5.75 Å².